The highest BCUT2D eigenvalue weighted by molar-refractivity contribution is 6.01. The van der Waals surface area contributed by atoms with Crippen LogP contribution >= 0.6 is 0 Å². The first kappa shape index (κ1) is 22.7. The molecule has 0 unspecified atom stereocenters. The van der Waals surface area contributed by atoms with Gasteiger partial charge in [0.15, 0.2) is 0 Å². The van der Waals surface area contributed by atoms with E-state index in [0.717, 1.165) is 11.1 Å². The summed E-state index contributed by atoms with van der Waals surface area (Å²) in [6.45, 7) is 7.59. The summed E-state index contributed by atoms with van der Waals surface area (Å²) in [5, 5.41) is 2.81. The maximum Gasteiger partial charge on any atom is 0.256 e. The minimum atomic E-state index is -0.811. The zero-order valence-corrected chi connectivity index (χ0v) is 17.7. The fraction of sp³-hybridized carbons (Fsp3) is 0.217. The molecule has 0 saturated carbocycles. The molecular formula is C23H26FN3O3. The van der Waals surface area contributed by atoms with Crippen LogP contribution < -0.4 is 21.3 Å². The van der Waals surface area contributed by atoms with E-state index in [4.69, 9.17) is 10.5 Å². The number of rotatable bonds is 5. The highest BCUT2D eigenvalue weighted by Gasteiger charge is 2.22. The zero-order valence-electron chi connectivity index (χ0n) is 17.7. The van der Waals surface area contributed by atoms with E-state index in [1.165, 1.54) is 29.8 Å². The molecule has 1 heterocycles. The minimum absolute atomic E-state index is 0.0000742. The smallest absolute Gasteiger partial charge is 0.256 e. The summed E-state index contributed by atoms with van der Waals surface area (Å²) >= 11 is 0. The summed E-state index contributed by atoms with van der Waals surface area (Å²) in [7, 11) is 1.46. The standard InChI is InChI=1S/C21H20FN3O3.C2H6/c1-12-8-9-15(14(22)10-12)24-21-19(20(23)27)17(11-18(26)25(21)3)28-16-7-5-4-6-13(16)2;1-2/h4-11,24H,1-3H3,(H2,23,27);1-2H3. The van der Waals surface area contributed by atoms with Gasteiger partial charge in [-0.1, -0.05) is 38.1 Å². The van der Waals surface area contributed by atoms with E-state index in [1.807, 2.05) is 32.9 Å². The van der Waals surface area contributed by atoms with Crippen molar-refractivity contribution >= 4 is 17.4 Å². The molecule has 3 rings (SSSR count). The van der Waals surface area contributed by atoms with Gasteiger partial charge in [0.05, 0.1) is 5.69 Å². The number of carbonyl (C=O) groups excluding carboxylic acids is 1. The van der Waals surface area contributed by atoms with E-state index in [9.17, 15) is 14.0 Å². The van der Waals surface area contributed by atoms with Crippen LogP contribution in [0.1, 0.15) is 35.3 Å². The fourth-order valence-electron chi connectivity index (χ4n) is 2.78. The van der Waals surface area contributed by atoms with Gasteiger partial charge >= 0.3 is 0 Å². The van der Waals surface area contributed by atoms with Gasteiger partial charge in [0.1, 0.15) is 28.7 Å². The number of para-hydroxylation sites is 1. The van der Waals surface area contributed by atoms with Crippen LogP contribution in [0.3, 0.4) is 0 Å². The van der Waals surface area contributed by atoms with Gasteiger partial charge in [-0.25, -0.2) is 4.39 Å². The average molecular weight is 411 g/mol. The number of anilines is 2. The van der Waals surface area contributed by atoms with Crippen molar-refractivity contribution in [3.05, 3.63) is 81.4 Å². The summed E-state index contributed by atoms with van der Waals surface area (Å²) < 4.78 is 21.3. The predicted octanol–water partition coefficient (Wildman–Crippen LogP) is 4.80. The van der Waals surface area contributed by atoms with Crippen molar-refractivity contribution < 1.29 is 13.9 Å². The number of nitrogens with zero attached hydrogens (tertiary/aromatic N) is 1. The van der Waals surface area contributed by atoms with Crippen molar-refractivity contribution in [3.63, 3.8) is 0 Å². The number of hydrogen-bond acceptors (Lipinski definition) is 4. The Bertz CT molecular complexity index is 1120. The van der Waals surface area contributed by atoms with E-state index in [0.29, 0.717) is 5.75 Å². The molecule has 0 spiro atoms. The van der Waals surface area contributed by atoms with Crippen LogP contribution in [-0.4, -0.2) is 10.5 Å². The maximum absolute atomic E-state index is 14.3. The van der Waals surface area contributed by atoms with Crippen LogP contribution in [0.25, 0.3) is 0 Å². The first-order valence-corrected chi connectivity index (χ1v) is 9.58. The molecule has 158 valence electrons. The molecule has 0 aliphatic rings. The topological polar surface area (TPSA) is 86.3 Å². The van der Waals surface area contributed by atoms with Crippen LogP contribution in [0.2, 0.25) is 0 Å². The van der Waals surface area contributed by atoms with Crippen molar-refractivity contribution in [1.82, 2.24) is 4.57 Å². The number of aryl methyl sites for hydroxylation is 2. The number of pyridine rings is 1. The third-order valence-corrected chi connectivity index (χ3v) is 4.34. The number of ether oxygens (including phenoxy) is 1. The molecule has 0 aliphatic carbocycles. The Balaban J connectivity index is 0.00000155. The lowest BCUT2D eigenvalue weighted by molar-refractivity contribution is 0.0998. The van der Waals surface area contributed by atoms with Crippen LogP contribution in [-0.2, 0) is 7.05 Å². The number of hydrogen-bond donors (Lipinski definition) is 2. The van der Waals surface area contributed by atoms with Gasteiger partial charge < -0.3 is 15.8 Å². The van der Waals surface area contributed by atoms with E-state index in [1.54, 1.807) is 25.1 Å². The number of nitrogens with two attached hydrogens (primary N) is 1. The third kappa shape index (κ3) is 4.86. The molecule has 2 aromatic carbocycles. The Morgan fingerprint density at radius 2 is 1.73 bits per heavy atom. The monoisotopic (exact) mass is 411 g/mol. The van der Waals surface area contributed by atoms with E-state index < -0.39 is 17.3 Å². The van der Waals surface area contributed by atoms with Gasteiger partial charge in [-0.3, -0.25) is 14.2 Å². The number of aromatic nitrogens is 1. The molecule has 1 aromatic heterocycles. The summed E-state index contributed by atoms with van der Waals surface area (Å²) in [5.41, 5.74) is 6.75. The van der Waals surface area contributed by atoms with Crippen LogP contribution in [0.5, 0.6) is 11.5 Å². The van der Waals surface area contributed by atoms with Crippen molar-refractivity contribution in [2.24, 2.45) is 12.8 Å². The van der Waals surface area contributed by atoms with Crippen molar-refractivity contribution in [1.29, 1.82) is 0 Å². The molecule has 0 bridgehead atoms. The van der Waals surface area contributed by atoms with E-state index >= 15 is 0 Å². The largest absolute Gasteiger partial charge is 0.456 e. The van der Waals surface area contributed by atoms with Crippen molar-refractivity contribution in [3.8, 4) is 11.5 Å². The highest BCUT2D eigenvalue weighted by atomic mass is 19.1. The summed E-state index contributed by atoms with van der Waals surface area (Å²) in [4.78, 5) is 24.6. The summed E-state index contributed by atoms with van der Waals surface area (Å²) in [6, 6.07) is 12.9. The zero-order chi connectivity index (χ0) is 22.4. The molecule has 0 fully saturated rings. The lowest BCUT2D eigenvalue weighted by Gasteiger charge is -2.18. The molecule has 0 aliphatic heterocycles. The van der Waals surface area contributed by atoms with Gasteiger partial charge in [-0.15, -0.1) is 0 Å². The molecule has 0 radical (unpaired) electrons. The molecule has 6 nitrogen and oxygen atoms in total. The van der Waals surface area contributed by atoms with Crippen molar-refractivity contribution in [2.45, 2.75) is 27.7 Å². The highest BCUT2D eigenvalue weighted by Crippen LogP contribution is 2.32. The lowest BCUT2D eigenvalue weighted by Crippen LogP contribution is -2.25. The van der Waals surface area contributed by atoms with Crippen LogP contribution in [0.4, 0.5) is 15.9 Å². The number of benzene rings is 2. The second kappa shape index (κ2) is 9.73. The SMILES string of the molecule is CC.Cc1ccc(Nc2c(C(N)=O)c(Oc3ccccc3C)cc(=O)n2C)c(F)c1. The van der Waals surface area contributed by atoms with Gasteiger partial charge in [0.2, 0.25) is 0 Å². The number of primary amides is 1. The van der Waals surface area contributed by atoms with Gasteiger partial charge in [-0.2, -0.15) is 0 Å². The Hall–Kier alpha value is -3.61. The Morgan fingerprint density at radius 1 is 1.07 bits per heavy atom. The second-order valence-electron chi connectivity index (χ2n) is 6.47. The van der Waals surface area contributed by atoms with Crippen LogP contribution in [0, 0.1) is 19.7 Å². The number of amides is 1. The lowest BCUT2D eigenvalue weighted by atomic mass is 10.1. The predicted molar refractivity (Wildman–Crippen MR) is 117 cm³/mol. The van der Waals surface area contributed by atoms with E-state index in [-0.39, 0.29) is 22.8 Å². The molecule has 3 aromatic rings. The van der Waals surface area contributed by atoms with Gasteiger partial charge in [-0.05, 0) is 43.2 Å². The third-order valence-electron chi connectivity index (χ3n) is 4.34. The molecule has 7 heteroatoms. The number of carbonyl (C=O) groups is 1. The Labute approximate surface area is 175 Å². The first-order chi connectivity index (χ1) is 14.3. The molecule has 3 N–H and O–H groups in total. The van der Waals surface area contributed by atoms with E-state index in [2.05, 4.69) is 5.32 Å². The number of halogens is 1. The Kier molecular flexibility index (Phi) is 7.36. The normalized spacial score (nSPS) is 10.1. The summed E-state index contributed by atoms with van der Waals surface area (Å²) in [6.07, 6.45) is 0. The van der Waals surface area contributed by atoms with Crippen LogP contribution in [0.15, 0.2) is 53.3 Å². The van der Waals surface area contributed by atoms with Gasteiger partial charge in [0.25, 0.3) is 11.5 Å². The van der Waals surface area contributed by atoms with Gasteiger partial charge in [0, 0.05) is 13.1 Å². The molecule has 30 heavy (non-hydrogen) atoms. The quantitative estimate of drug-likeness (QED) is 0.631. The fourth-order valence-corrected chi connectivity index (χ4v) is 2.78. The molecule has 0 atom stereocenters. The van der Waals surface area contributed by atoms with Crippen molar-refractivity contribution in [2.75, 3.05) is 5.32 Å². The average Bonchev–Trinajstić information content (AvgIpc) is 2.70. The molecule has 1 amide bonds. The Morgan fingerprint density at radius 3 is 2.33 bits per heavy atom. The maximum atomic E-state index is 14.3. The summed E-state index contributed by atoms with van der Waals surface area (Å²) in [5.74, 6) is -0.806. The first-order valence-electron chi connectivity index (χ1n) is 9.58. The molecule has 0 saturated heterocycles. The number of nitrogens with one attached hydrogen (secondary N) is 1. The second-order valence-corrected chi connectivity index (χ2v) is 6.47. The minimum Gasteiger partial charge on any atom is -0.456 e. The molecular weight excluding hydrogens is 385 g/mol.